The molecule has 0 aromatic carbocycles. The zero-order valence-corrected chi connectivity index (χ0v) is 15.3. The largest absolute Gasteiger partial charge is 0.352 e. The van der Waals surface area contributed by atoms with Gasteiger partial charge >= 0.3 is 0 Å². The molecule has 0 saturated carbocycles. The molecule has 1 atom stereocenters. The summed E-state index contributed by atoms with van der Waals surface area (Å²) in [6.45, 7) is 4.57. The minimum Gasteiger partial charge on any atom is -0.352 e. The third-order valence-electron chi connectivity index (χ3n) is 4.41. The van der Waals surface area contributed by atoms with Crippen LogP contribution in [0.1, 0.15) is 48.5 Å². The highest BCUT2D eigenvalue weighted by atomic mass is 32.1. The number of likely N-dealkylation sites (tertiary alicyclic amines) is 1. The third-order valence-corrected chi connectivity index (χ3v) is 5.14. The van der Waals surface area contributed by atoms with E-state index < -0.39 is 0 Å². The van der Waals surface area contributed by atoms with Crippen molar-refractivity contribution < 1.29 is 9.59 Å². The Morgan fingerprint density at radius 3 is 3.00 bits per heavy atom. The average Bonchev–Trinajstić information content (AvgIpc) is 3.25. The molecular formula is C18H22N4O2S. The summed E-state index contributed by atoms with van der Waals surface area (Å²) < 4.78 is 0. The standard InChI is InChI=1S/C18H22N4O2S/c1-12-19-9-15(10-20-17(24)8-14-5-7-25-11-14)18(21-12)16-4-3-6-22(16)13(2)23/h5,7,9,11,16H,3-4,6,8,10H2,1-2H3,(H,20,24)/t16-/m0/s1. The van der Waals surface area contributed by atoms with Crippen molar-refractivity contribution in [2.75, 3.05) is 6.54 Å². The van der Waals surface area contributed by atoms with Crippen LogP contribution in [-0.4, -0.2) is 33.2 Å². The van der Waals surface area contributed by atoms with Crippen LogP contribution in [0.4, 0.5) is 0 Å². The number of rotatable bonds is 5. The first-order valence-corrected chi connectivity index (χ1v) is 9.36. The van der Waals surface area contributed by atoms with E-state index >= 15 is 0 Å². The summed E-state index contributed by atoms with van der Waals surface area (Å²) in [5.74, 6) is 0.713. The van der Waals surface area contributed by atoms with Crippen molar-refractivity contribution in [3.63, 3.8) is 0 Å². The van der Waals surface area contributed by atoms with E-state index in [2.05, 4.69) is 15.3 Å². The molecule has 1 aliphatic heterocycles. The van der Waals surface area contributed by atoms with Crippen molar-refractivity contribution in [2.24, 2.45) is 0 Å². The van der Waals surface area contributed by atoms with Gasteiger partial charge in [0, 0.05) is 31.8 Å². The molecule has 1 saturated heterocycles. The number of hydrogen-bond acceptors (Lipinski definition) is 5. The maximum Gasteiger partial charge on any atom is 0.224 e. The molecule has 25 heavy (non-hydrogen) atoms. The highest BCUT2D eigenvalue weighted by Gasteiger charge is 2.31. The minimum atomic E-state index is -0.0280. The monoisotopic (exact) mass is 358 g/mol. The third kappa shape index (κ3) is 4.22. The van der Waals surface area contributed by atoms with Gasteiger partial charge in [-0.05, 0) is 42.2 Å². The Morgan fingerprint density at radius 2 is 2.28 bits per heavy atom. The minimum absolute atomic E-state index is 0.0250. The van der Waals surface area contributed by atoms with Crippen molar-refractivity contribution in [1.82, 2.24) is 20.2 Å². The summed E-state index contributed by atoms with van der Waals surface area (Å²) in [6, 6.07) is 1.93. The van der Waals surface area contributed by atoms with Gasteiger partial charge in [0.05, 0.1) is 18.2 Å². The molecule has 1 aliphatic rings. The Labute approximate surface area is 151 Å². The normalized spacial score (nSPS) is 16.9. The maximum atomic E-state index is 12.1. The lowest BCUT2D eigenvalue weighted by Gasteiger charge is -2.25. The summed E-state index contributed by atoms with van der Waals surface area (Å²) >= 11 is 1.58. The van der Waals surface area contributed by atoms with Crippen LogP contribution in [-0.2, 0) is 22.6 Å². The van der Waals surface area contributed by atoms with Crippen LogP contribution in [0, 0.1) is 6.92 Å². The van der Waals surface area contributed by atoms with Gasteiger partial charge in [-0.25, -0.2) is 9.97 Å². The molecule has 2 amide bonds. The van der Waals surface area contributed by atoms with Crippen LogP contribution >= 0.6 is 11.3 Å². The molecule has 7 heteroatoms. The number of aromatic nitrogens is 2. The Kier molecular flexibility index (Phi) is 5.43. The lowest BCUT2D eigenvalue weighted by molar-refractivity contribution is -0.129. The fraction of sp³-hybridized carbons (Fsp3) is 0.444. The Bertz CT molecular complexity index is 760. The summed E-state index contributed by atoms with van der Waals surface area (Å²) in [7, 11) is 0. The molecule has 6 nitrogen and oxygen atoms in total. The first-order valence-electron chi connectivity index (χ1n) is 8.42. The van der Waals surface area contributed by atoms with E-state index in [4.69, 9.17) is 0 Å². The summed E-state index contributed by atoms with van der Waals surface area (Å²) in [5, 5.41) is 6.89. The first kappa shape index (κ1) is 17.5. The van der Waals surface area contributed by atoms with Crippen LogP contribution in [0.25, 0.3) is 0 Å². The summed E-state index contributed by atoms with van der Waals surface area (Å²) in [6.07, 6.45) is 4.00. The van der Waals surface area contributed by atoms with Gasteiger partial charge in [-0.1, -0.05) is 0 Å². The molecule has 1 fully saturated rings. The number of amides is 2. The topological polar surface area (TPSA) is 75.2 Å². The van der Waals surface area contributed by atoms with Crippen LogP contribution in [0.15, 0.2) is 23.0 Å². The number of carbonyl (C=O) groups is 2. The lowest BCUT2D eigenvalue weighted by Crippen LogP contribution is -2.31. The number of carbonyl (C=O) groups excluding carboxylic acids is 2. The average molecular weight is 358 g/mol. The van der Waals surface area contributed by atoms with E-state index in [0.717, 1.165) is 36.2 Å². The SMILES string of the molecule is CC(=O)N1CCC[C@H]1c1nc(C)ncc1CNC(=O)Cc1ccsc1. The van der Waals surface area contributed by atoms with Crippen LogP contribution in [0.5, 0.6) is 0 Å². The predicted molar refractivity (Wildman–Crippen MR) is 96.0 cm³/mol. The van der Waals surface area contributed by atoms with Gasteiger partial charge in [-0.3, -0.25) is 9.59 Å². The van der Waals surface area contributed by atoms with Crippen LogP contribution < -0.4 is 5.32 Å². The van der Waals surface area contributed by atoms with Gasteiger partial charge in [0.1, 0.15) is 5.82 Å². The van der Waals surface area contributed by atoms with Crippen molar-refractivity contribution in [1.29, 1.82) is 0 Å². The second-order valence-corrected chi connectivity index (χ2v) is 7.06. The molecule has 2 aromatic rings. The van der Waals surface area contributed by atoms with E-state index in [0.29, 0.717) is 18.8 Å². The van der Waals surface area contributed by atoms with Gasteiger partial charge in [-0.2, -0.15) is 11.3 Å². The highest BCUT2D eigenvalue weighted by molar-refractivity contribution is 7.08. The zero-order chi connectivity index (χ0) is 17.8. The fourth-order valence-corrected chi connectivity index (χ4v) is 3.87. The molecule has 3 rings (SSSR count). The van der Waals surface area contributed by atoms with Crippen LogP contribution in [0.3, 0.4) is 0 Å². The van der Waals surface area contributed by atoms with E-state index in [-0.39, 0.29) is 17.9 Å². The van der Waals surface area contributed by atoms with E-state index in [1.54, 1.807) is 24.5 Å². The van der Waals surface area contributed by atoms with Gasteiger partial charge in [0.25, 0.3) is 0 Å². The van der Waals surface area contributed by atoms with Crippen molar-refractivity contribution >= 4 is 23.2 Å². The maximum absolute atomic E-state index is 12.1. The smallest absolute Gasteiger partial charge is 0.224 e. The number of nitrogens with zero attached hydrogens (tertiary/aromatic N) is 3. The van der Waals surface area contributed by atoms with E-state index in [9.17, 15) is 9.59 Å². The van der Waals surface area contributed by atoms with Gasteiger partial charge < -0.3 is 10.2 Å². The summed E-state index contributed by atoms with van der Waals surface area (Å²) in [5.41, 5.74) is 2.75. The highest BCUT2D eigenvalue weighted by Crippen LogP contribution is 2.32. The molecule has 1 N–H and O–H groups in total. The van der Waals surface area contributed by atoms with Gasteiger partial charge in [-0.15, -0.1) is 0 Å². The predicted octanol–water partition coefficient (Wildman–Crippen LogP) is 2.39. The lowest BCUT2D eigenvalue weighted by atomic mass is 10.1. The van der Waals surface area contributed by atoms with Crippen molar-refractivity contribution in [3.8, 4) is 0 Å². The molecule has 0 unspecified atom stereocenters. The second kappa shape index (κ2) is 7.74. The van der Waals surface area contributed by atoms with Crippen molar-refractivity contribution in [3.05, 3.63) is 45.7 Å². The molecule has 132 valence electrons. The van der Waals surface area contributed by atoms with Crippen molar-refractivity contribution in [2.45, 2.75) is 45.7 Å². The summed E-state index contributed by atoms with van der Waals surface area (Å²) in [4.78, 5) is 34.7. The quantitative estimate of drug-likeness (QED) is 0.890. The number of hydrogen-bond donors (Lipinski definition) is 1. The molecular weight excluding hydrogens is 336 g/mol. The molecule has 3 heterocycles. The zero-order valence-electron chi connectivity index (χ0n) is 14.5. The first-order chi connectivity index (χ1) is 12.0. The number of thiophene rings is 1. The van der Waals surface area contributed by atoms with E-state index in [1.165, 1.54) is 0 Å². The fourth-order valence-electron chi connectivity index (χ4n) is 3.20. The molecule has 0 spiro atoms. The number of nitrogens with one attached hydrogen (secondary N) is 1. The number of aryl methyl sites for hydroxylation is 1. The Morgan fingerprint density at radius 1 is 1.44 bits per heavy atom. The molecule has 0 radical (unpaired) electrons. The van der Waals surface area contributed by atoms with Gasteiger partial charge in [0.2, 0.25) is 11.8 Å². The van der Waals surface area contributed by atoms with E-state index in [1.807, 2.05) is 28.7 Å². The molecule has 2 aromatic heterocycles. The van der Waals surface area contributed by atoms with Gasteiger partial charge in [0.15, 0.2) is 0 Å². The second-order valence-electron chi connectivity index (χ2n) is 6.28. The molecule has 0 aliphatic carbocycles. The van der Waals surface area contributed by atoms with Crippen LogP contribution in [0.2, 0.25) is 0 Å². The Balaban J connectivity index is 1.73. The Hall–Kier alpha value is -2.28. The molecule has 0 bridgehead atoms.